The van der Waals surface area contributed by atoms with Gasteiger partial charge in [-0.05, 0) is 49.2 Å². The lowest BCUT2D eigenvalue weighted by Crippen LogP contribution is -2.14. The largest absolute Gasteiger partial charge is 0.493 e. The molecule has 0 atom stereocenters. The van der Waals surface area contributed by atoms with E-state index in [9.17, 15) is 8.42 Å². The number of ether oxygens (including phenoxy) is 2. The Labute approximate surface area is 144 Å². The average molecular weight is 400 g/mol. The van der Waals surface area contributed by atoms with Gasteiger partial charge in [-0.25, -0.2) is 8.42 Å². The van der Waals surface area contributed by atoms with Crippen molar-refractivity contribution in [2.45, 2.75) is 18.7 Å². The molecule has 0 saturated carbocycles. The highest BCUT2D eigenvalue weighted by Gasteiger charge is 2.18. The second kappa shape index (κ2) is 6.80. The van der Waals surface area contributed by atoms with E-state index in [1.807, 2.05) is 6.92 Å². The highest BCUT2D eigenvalue weighted by Crippen LogP contribution is 2.34. The van der Waals surface area contributed by atoms with Crippen molar-refractivity contribution in [3.8, 4) is 11.5 Å². The Balaban J connectivity index is 2.42. The molecule has 0 aliphatic rings. The Hall–Kier alpha value is -1.73. The van der Waals surface area contributed by atoms with Gasteiger partial charge < -0.3 is 9.47 Å². The van der Waals surface area contributed by atoms with Crippen molar-refractivity contribution in [2.24, 2.45) is 0 Å². The number of rotatable bonds is 5. The molecule has 0 bridgehead atoms. The summed E-state index contributed by atoms with van der Waals surface area (Å²) in [5.41, 5.74) is 2.03. The van der Waals surface area contributed by atoms with Crippen molar-refractivity contribution in [1.29, 1.82) is 0 Å². The zero-order valence-corrected chi connectivity index (χ0v) is 15.7. The second-order valence-corrected chi connectivity index (χ2v) is 7.58. The van der Waals surface area contributed by atoms with Gasteiger partial charge in [0.15, 0.2) is 11.5 Å². The van der Waals surface area contributed by atoms with Crippen LogP contribution in [-0.2, 0) is 10.0 Å². The van der Waals surface area contributed by atoms with Gasteiger partial charge in [-0.15, -0.1) is 0 Å². The molecule has 0 spiro atoms. The maximum Gasteiger partial charge on any atom is 0.261 e. The van der Waals surface area contributed by atoms with Crippen LogP contribution in [0.2, 0.25) is 0 Å². The summed E-state index contributed by atoms with van der Waals surface area (Å²) in [6, 6.07) is 8.21. The summed E-state index contributed by atoms with van der Waals surface area (Å²) in [5.74, 6) is 1.01. The molecule has 0 unspecified atom stereocenters. The van der Waals surface area contributed by atoms with Crippen molar-refractivity contribution in [3.05, 3.63) is 45.9 Å². The first-order chi connectivity index (χ1) is 10.8. The highest BCUT2D eigenvalue weighted by atomic mass is 79.9. The van der Waals surface area contributed by atoms with Gasteiger partial charge in [-0.1, -0.05) is 15.9 Å². The number of aryl methyl sites for hydroxylation is 2. The van der Waals surface area contributed by atoms with Gasteiger partial charge in [0.1, 0.15) is 0 Å². The Morgan fingerprint density at radius 3 is 2.13 bits per heavy atom. The van der Waals surface area contributed by atoms with E-state index < -0.39 is 10.0 Å². The third-order valence-electron chi connectivity index (χ3n) is 3.41. The minimum absolute atomic E-state index is 0.201. The van der Waals surface area contributed by atoms with E-state index >= 15 is 0 Å². The minimum Gasteiger partial charge on any atom is -0.493 e. The molecule has 5 nitrogen and oxygen atoms in total. The van der Waals surface area contributed by atoms with Crippen LogP contribution in [0.1, 0.15) is 11.1 Å². The number of hydrogen-bond acceptors (Lipinski definition) is 4. The van der Waals surface area contributed by atoms with Crippen LogP contribution in [0.5, 0.6) is 11.5 Å². The molecule has 0 radical (unpaired) electrons. The predicted molar refractivity (Wildman–Crippen MR) is 94.0 cm³/mol. The van der Waals surface area contributed by atoms with Crippen LogP contribution in [-0.4, -0.2) is 22.6 Å². The SMILES string of the molecule is COc1cc(C)c(NS(=O)(=O)c2ccc(Br)c(C)c2)cc1OC. The molecule has 2 aromatic rings. The molecule has 0 amide bonds. The monoisotopic (exact) mass is 399 g/mol. The van der Waals surface area contributed by atoms with Crippen LogP contribution < -0.4 is 14.2 Å². The topological polar surface area (TPSA) is 64.6 Å². The third-order valence-corrected chi connectivity index (χ3v) is 5.67. The summed E-state index contributed by atoms with van der Waals surface area (Å²) in [4.78, 5) is 0.201. The summed E-state index contributed by atoms with van der Waals surface area (Å²) in [7, 11) is -0.650. The quantitative estimate of drug-likeness (QED) is 0.827. The van der Waals surface area contributed by atoms with Gasteiger partial charge in [0, 0.05) is 10.5 Å². The Morgan fingerprint density at radius 2 is 1.57 bits per heavy atom. The molecule has 0 aliphatic carbocycles. The minimum atomic E-state index is -3.69. The van der Waals surface area contributed by atoms with Crippen LogP contribution in [0.25, 0.3) is 0 Å². The fourth-order valence-electron chi connectivity index (χ4n) is 2.08. The van der Waals surface area contributed by atoms with Gasteiger partial charge in [0.05, 0.1) is 24.8 Å². The molecule has 1 N–H and O–H groups in total. The summed E-state index contributed by atoms with van der Waals surface area (Å²) in [6.07, 6.45) is 0. The van der Waals surface area contributed by atoms with E-state index in [2.05, 4.69) is 20.7 Å². The summed E-state index contributed by atoms with van der Waals surface area (Å²) >= 11 is 3.36. The first-order valence-corrected chi connectivity index (χ1v) is 9.07. The predicted octanol–water partition coefficient (Wildman–Crippen LogP) is 3.88. The first-order valence-electron chi connectivity index (χ1n) is 6.80. The molecule has 7 heteroatoms. The van der Waals surface area contributed by atoms with Crippen molar-refractivity contribution in [2.75, 3.05) is 18.9 Å². The highest BCUT2D eigenvalue weighted by molar-refractivity contribution is 9.10. The smallest absolute Gasteiger partial charge is 0.261 e. The fraction of sp³-hybridized carbons (Fsp3) is 0.250. The van der Waals surface area contributed by atoms with Crippen molar-refractivity contribution in [1.82, 2.24) is 0 Å². The van der Waals surface area contributed by atoms with E-state index in [1.165, 1.54) is 14.2 Å². The van der Waals surface area contributed by atoms with Gasteiger partial charge >= 0.3 is 0 Å². The van der Waals surface area contributed by atoms with Crippen molar-refractivity contribution < 1.29 is 17.9 Å². The number of sulfonamides is 1. The second-order valence-electron chi connectivity index (χ2n) is 5.04. The molecule has 0 aromatic heterocycles. The molecular formula is C16H18BrNO4S. The lowest BCUT2D eigenvalue weighted by Gasteiger charge is -2.15. The maximum atomic E-state index is 12.6. The zero-order chi connectivity index (χ0) is 17.2. The van der Waals surface area contributed by atoms with E-state index in [-0.39, 0.29) is 4.90 Å². The van der Waals surface area contributed by atoms with E-state index in [1.54, 1.807) is 37.3 Å². The van der Waals surface area contributed by atoms with Gasteiger partial charge in [0.25, 0.3) is 10.0 Å². The Morgan fingerprint density at radius 1 is 0.957 bits per heavy atom. The van der Waals surface area contributed by atoms with E-state index in [4.69, 9.17) is 9.47 Å². The molecule has 2 rings (SSSR count). The molecule has 0 heterocycles. The molecule has 23 heavy (non-hydrogen) atoms. The average Bonchev–Trinajstić information content (AvgIpc) is 2.51. The lowest BCUT2D eigenvalue weighted by molar-refractivity contribution is 0.355. The molecule has 0 saturated heterocycles. The van der Waals surface area contributed by atoms with Crippen LogP contribution in [0.4, 0.5) is 5.69 Å². The first kappa shape index (κ1) is 17.6. The maximum absolute atomic E-state index is 12.6. The standard InChI is InChI=1S/C16H18BrNO4S/c1-10-7-12(5-6-13(10)17)23(19,20)18-14-9-16(22-4)15(21-3)8-11(14)2/h5-9,18H,1-4H3. The number of benzene rings is 2. The van der Waals surface area contributed by atoms with Crippen LogP contribution in [0, 0.1) is 13.8 Å². The van der Waals surface area contributed by atoms with E-state index in [0.29, 0.717) is 17.2 Å². The summed E-state index contributed by atoms with van der Waals surface area (Å²) in [5, 5.41) is 0. The molecular weight excluding hydrogens is 382 g/mol. The number of methoxy groups -OCH3 is 2. The van der Waals surface area contributed by atoms with Crippen LogP contribution in [0.3, 0.4) is 0 Å². The zero-order valence-electron chi connectivity index (χ0n) is 13.3. The van der Waals surface area contributed by atoms with Crippen molar-refractivity contribution in [3.63, 3.8) is 0 Å². The number of anilines is 1. The summed E-state index contributed by atoms with van der Waals surface area (Å²) < 4.78 is 39.0. The number of halogens is 1. The molecule has 0 fully saturated rings. The van der Waals surface area contributed by atoms with Gasteiger partial charge in [0.2, 0.25) is 0 Å². The van der Waals surface area contributed by atoms with Gasteiger partial charge in [-0.2, -0.15) is 0 Å². The number of hydrogen-bond donors (Lipinski definition) is 1. The van der Waals surface area contributed by atoms with Gasteiger partial charge in [-0.3, -0.25) is 4.72 Å². The normalized spacial score (nSPS) is 11.2. The molecule has 124 valence electrons. The lowest BCUT2D eigenvalue weighted by atomic mass is 10.2. The molecule has 2 aromatic carbocycles. The molecule has 0 aliphatic heterocycles. The van der Waals surface area contributed by atoms with Crippen molar-refractivity contribution >= 4 is 31.6 Å². The van der Waals surface area contributed by atoms with E-state index in [0.717, 1.165) is 15.6 Å². The fourth-order valence-corrected chi connectivity index (χ4v) is 3.53. The Kier molecular flexibility index (Phi) is 5.21. The van der Waals surface area contributed by atoms with Crippen LogP contribution >= 0.6 is 15.9 Å². The summed E-state index contributed by atoms with van der Waals surface area (Å²) in [6.45, 7) is 3.64. The van der Waals surface area contributed by atoms with Crippen LogP contribution in [0.15, 0.2) is 39.7 Å². The Bertz CT molecular complexity index is 834. The number of nitrogens with one attached hydrogen (secondary N) is 1. The third kappa shape index (κ3) is 3.79.